The van der Waals surface area contributed by atoms with E-state index in [-0.39, 0.29) is 18.3 Å². The summed E-state index contributed by atoms with van der Waals surface area (Å²) in [4.78, 5) is 11.9. The molecule has 2 rings (SSSR count). The fraction of sp³-hybridized carbons (Fsp3) is 0.417. The second kappa shape index (κ2) is 7.53. The molecular weight excluding hydrogens is 386 g/mol. The number of nitrogens with one attached hydrogen (secondary N) is 2. The lowest BCUT2D eigenvalue weighted by atomic mass is 10.2. The summed E-state index contributed by atoms with van der Waals surface area (Å²) in [5.41, 5.74) is 0.546. The lowest BCUT2D eigenvalue weighted by Crippen LogP contribution is -2.37. The Morgan fingerprint density at radius 1 is 1.56 bits per heavy atom. The van der Waals surface area contributed by atoms with E-state index in [4.69, 9.17) is 11.6 Å². The van der Waals surface area contributed by atoms with Gasteiger partial charge in [0.25, 0.3) is 5.91 Å². The van der Waals surface area contributed by atoms with E-state index < -0.39 is 0 Å². The summed E-state index contributed by atoms with van der Waals surface area (Å²) in [5.74, 6) is -0.0971. The van der Waals surface area contributed by atoms with Crippen LogP contribution < -0.4 is 10.6 Å². The third kappa shape index (κ3) is 4.26. The molecule has 1 aromatic rings. The molecule has 1 aliphatic heterocycles. The number of halogens is 3. The van der Waals surface area contributed by atoms with Crippen LogP contribution in [0, 0.1) is 3.57 Å². The second-order valence-corrected chi connectivity index (χ2v) is 5.78. The van der Waals surface area contributed by atoms with E-state index in [0.717, 1.165) is 16.5 Å². The lowest BCUT2D eigenvalue weighted by Gasteiger charge is -2.12. The van der Waals surface area contributed by atoms with Crippen molar-refractivity contribution in [3.05, 3.63) is 32.4 Å². The summed E-state index contributed by atoms with van der Waals surface area (Å²) >= 11 is 8.21. The maximum atomic E-state index is 11.9. The van der Waals surface area contributed by atoms with E-state index in [1.807, 2.05) is 6.07 Å². The molecule has 3 nitrogen and oxygen atoms in total. The van der Waals surface area contributed by atoms with Crippen molar-refractivity contribution in [1.82, 2.24) is 10.6 Å². The summed E-state index contributed by atoms with van der Waals surface area (Å²) in [6, 6.07) is 5.85. The van der Waals surface area contributed by atoms with Gasteiger partial charge in [0.05, 0.1) is 10.6 Å². The van der Waals surface area contributed by atoms with Crippen LogP contribution in [-0.2, 0) is 0 Å². The molecule has 1 unspecified atom stereocenters. The third-order valence-electron chi connectivity index (χ3n) is 2.85. The highest BCUT2D eigenvalue weighted by Gasteiger charge is 2.16. The Labute approximate surface area is 132 Å². The standard InChI is InChI=1S/C12H14ClIN2O.ClH/c13-11-6-8(14)3-4-10(11)12(17)16-7-9-2-1-5-15-9;/h3-4,6,9,15H,1-2,5,7H2,(H,16,17);1H. The molecule has 1 amide bonds. The van der Waals surface area contributed by atoms with Crippen molar-refractivity contribution in [3.63, 3.8) is 0 Å². The zero-order valence-electron chi connectivity index (χ0n) is 9.71. The zero-order valence-corrected chi connectivity index (χ0v) is 13.4. The van der Waals surface area contributed by atoms with Crippen molar-refractivity contribution in [2.45, 2.75) is 18.9 Å². The average molecular weight is 401 g/mol. The van der Waals surface area contributed by atoms with Crippen molar-refractivity contribution in [3.8, 4) is 0 Å². The minimum atomic E-state index is -0.0971. The van der Waals surface area contributed by atoms with Crippen LogP contribution in [0.25, 0.3) is 0 Å². The van der Waals surface area contributed by atoms with Gasteiger partial charge in [-0.3, -0.25) is 4.79 Å². The van der Waals surface area contributed by atoms with Crippen molar-refractivity contribution in [2.24, 2.45) is 0 Å². The fourth-order valence-electron chi connectivity index (χ4n) is 1.92. The highest BCUT2D eigenvalue weighted by molar-refractivity contribution is 14.1. The van der Waals surface area contributed by atoms with Gasteiger partial charge in [0.1, 0.15) is 0 Å². The molecule has 0 saturated carbocycles. The predicted octanol–water partition coefficient (Wildman–Crippen LogP) is 2.85. The van der Waals surface area contributed by atoms with Crippen molar-refractivity contribution < 1.29 is 4.79 Å². The van der Waals surface area contributed by atoms with Gasteiger partial charge < -0.3 is 10.6 Å². The van der Waals surface area contributed by atoms with Gasteiger partial charge in [0.2, 0.25) is 0 Å². The Morgan fingerprint density at radius 2 is 2.33 bits per heavy atom. The van der Waals surface area contributed by atoms with E-state index >= 15 is 0 Å². The van der Waals surface area contributed by atoms with E-state index in [1.165, 1.54) is 6.42 Å². The highest BCUT2D eigenvalue weighted by Crippen LogP contribution is 2.19. The predicted molar refractivity (Wildman–Crippen MR) is 84.8 cm³/mol. The van der Waals surface area contributed by atoms with Crippen molar-refractivity contribution >= 4 is 52.5 Å². The number of benzene rings is 1. The van der Waals surface area contributed by atoms with Gasteiger partial charge in [-0.2, -0.15) is 0 Å². The molecule has 1 atom stereocenters. The van der Waals surface area contributed by atoms with Crippen LogP contribution in [0.4, 0.5) is 0 Å². The smallest absolute Gasteiger partial charge is 0.252 e. The molecule has 100 valence electrons. The first-order chi connectivity index (χ1) is 8.16. The molecule has 1 saturated heterocycles. The van der Waals surface area contributed by atoms with Crippen molar-refractivity contribution in [1.29, 1.82) is 0 Å². The molecule has 0 bridgehead atoms. The molecule has 0 aliphatic carbocycles. The first-order valence-corrected chi connectivity index (χ1v) is 7.09. The van der Waals surface area contributed by atoms with E-state index in [9.17, 15) is 4.79 Å². The van der Waals surface area contributed by atoms with Crippen LogP contribution in [-0.4, -0.2) is 25.0 Å². The first kappa shape index (κ1) is 16.0. The zero-order chi connectivity index (χ0) is 12.3. The Bertz CT molecular complexity index is 423. The molecule has 0 aromatic heterocycles. The molecule has 1 aliphatic rings. The summed E-state index contributed by atoms with van der Waals surface area (Å²) in [7, 11) is 0. The van der Waals surface area contributed by atoms with Gasteiger partial charge in [0, 0.05) is 16.2 Å². The van der Waals surface area contributed by atoms with Crippen LogP contribution in [0.2, 0.25) is 5.02 Å². The van der Waals surface area contributed by atoms with Crippen LogP contribution in [0.15, 0.2) is 18.2 Å². The minimum Gasteiger partial charge on any atom is -0.350 e. The molecule has 1 heterocycles. The summed E-state index contributed by atoms with van der Waals surface area (Å²) in [5, 5.41) is 6.76. The molecule has 2 N–H and O–H groups in total. The van der Waals surface area contributed by atoms with Crippen LogP contribution in [0.5, 0.6) is 0 Å². The highest BCUT2D eigenvalue weighted by atomic mass is 127. The quantitative estimate of drug-likeness (QED) is 0.766. The Morgan fingerprint density at radius 3 is 2.94 bits per heavy atom. The maximum absolute atomic E-state index is 11.9. The summed E-state index contributed by atoms with van der Waals surface area (Å²) in [6.07, 6.45) is 2.31. The maximum Gasteiger partial charge on any atom is 0.252 e. The van der Waals surface area contributed by atoms with E-state index in [1.54, 1.807) is 12.1 Å². The fourth-order valence-corrected chi connectivity index (χ4v) is 2.86. The molecular formula is C12H15Cl2IN2O. The molecule has 18 heavy (non-hydrogen) atoms. The molecule has 6 heteroatoms. The van der Waals surface area contributed by atoms with Gasteiger partial charge in [-0.1, -0.05) is 11.6 Å². The summed E-state index contributed by atoms with van der Waals surface area (Å²) < 4.78 is 1.03. The lowest BCUT2D eigenvalue weighted by molar-refractivity contribution is 0.0950. The molecule has 0 spiro atoms. The molecule has 1 aromatic carbocycles. The van der Waals surface area contributed by atoms with Gasteiger partial charge in [-0.05, 0) is 60.2 Å². The van der Waals surface area contributed by atoms with Gasteiger partial charge in [0.15, 0.2) is 0 Å². The SMILES string of the molecule is Cl.O=C(NCC1CCCN1)c1ccc(I)cc1Cl. The summed E-state index contributed by atoms with van der Waals surface area (Å²) in [6.45, 7) is 1.71. The molecule has 0 radical (unpaired) electrons. The average Bonchev–Trinajstić information content (AvgIpc) is 2.78. The number of carbonyl (C=O) groups is 1. The number of amides is 1. The Hall–Kier alpha value is -0.0400. The number of hydrogen-bond donors (Lipinski definition) is 2. The molecule has 1 fully saturated rings. The van der Waals surface area contributed by atoms with E-state index in [0.29, 0.717) is 23.2 Å². The number of rotatable bonds is 3. The number of carbonyl (C=O) groups excluding carboxylic acids is 1. The van der Waals surface area contributed by atoms with Crippen molar-refractivity contribution in [2.75, 3.05) is 13.1 Å². The van der Waals surface area contributed by atoms with Gasteiger partial charge in [-0.25, -0.2) is 0 Å². The first-order valence-electron chi connectivity index (χ1n) is 5.63. The number of hydrogen-bond acceptors (Lipinski definition) is 2. The Kier molecular flexibility index (Phi) is 6.70. The topological polar surface area (TPSA) is 41.1 Å². The third-order valence-corrected chi connectivity index (χ3v) is 3.83. The normalized spacial score (nSPS) is 18.2. The van der Waals surface area contributed by atoms with E-state index in [2.05, 4.69) is 33.2 Å². The second-order valence-electron chi connectivity index (χ2n) is 4.13. The Balaban J connectivity index is 0.00000162. The van der Waals surface area contributed by atoms with Crippen LogP contribution in [0.3, 0.4) is 0 Å². The monoisotopic (exact) mass is 400 g/mol. The largest absolute Gasteiger partial charge is 0.350 e. The van der Waals surface area contributed by atoms with Crippen LogP contribution >= 0.6 is 46.6 Å². The van der Waals surface area contributed by atoms with Gasteiger partial charge >= 0.3 is 0 Å². The minimum absolute atomic E-state index is 0. The van der Waals surface area contributed by atoms with Crippen LogP contribution in [0.1, 0.15) is 23.2 Å². The van der Waals surface area contributed by atoms with Gasteiger partial charge in [-0.15, -0.1) is 12.4 Å².